The van der Waals surface area contributed by atoms with E-state index in [1.165, 1.54) is 0 Å². The lowest BCUT2D eigenvalue weighted by Gasteiger charge is -2.02. The van der Waals surface area contributed by atoms with Crippen LogP contribution in [0.3, 0.4) is 0 Å². The number of H-pyrrole nitrogens is 1. The SMILES string of the molecule is Cc1cnc(Cl)nc1-c1n[nH]c2c(C)cccc12. The Morgan fingerprint density at radius 1 is 1.11 bits per heavy atom. The molecule has 0 bridgehead atoms. The number of halogens is 1. The maximum atomic E-state index is 5.86. The van der Waals surface area contributed by atoms with E-state index in [1.54, 1.807) is 6.20 Å². The summed E-state index contributed by atoms with van der Waals surface area (Å²) in [5.41, 5.74) is 4.72. The summed E-state index contributed by atoms with van der Waals surface area (Å²) in [4.78, 5) is 8.23. The molecular weight excluding hydrogens is 248 g/mol. The number of benzene rings is 1. The molecule has 5 heteroatoms. The average Bonchev–Trinajstić information content (AvgIpc) is 2.77. The number of aryl methyl sites for hydroxylation is 2. The van der Waals surface area contributed by atoms with E-state index in [1.807, 2.05) is 32.0 Å². The summed E-state index contributed by atoms with van der Waals surface area (Å²) in [6.07, 6.45) is 1.71. The zero-order valence-corrected chi connectivity index (χ0v) is 10.8. The fraction of sp³-hybridized carbons (Fsp3) is 0.154. The highest BCUT2D eigenvalue weighted by Crippen LogP contribution is 2.28. The van der Waals surface area contributed by atoms with E-state index >= 15 is 0 Å². The molecule has 0 aliphatic carbocycles. The summed E-state index contributed by atoms with van der Waals surface area (Å²) in [7, 11) is 0. The van der Waals surface area contributed by atoms with E-state index in [2.05, 4.69) is 20.2 Å². The van der Waals surface area contributed by atoms with Crippen LogP contribution in [0.4, 0.5) is 0 Å². The van der Waals surface area contributed by atoms with Crippen molar-refractivity contribution < 1.29 is 0 Å². The van der Waals surface area contributed by atoms with E-state index < -0.39 is 0 Å². The average molecular weight is 259 g/mol. The van der Waals surface area contributed by atoms with Crippen LogP contribution in [0.1, 0.15) is 11.1 Å². The minimum Gasteiger partial charge on any atom is -0.277 e. The number of rotatable bonds is 1. The maximum Gasteiger partial charge on any atom is 0.222 e. The van der Waals surface area contributed by atoms with Gasteiger partial charge in [-0.2, -0.15) is 5.10 Å². The first-order valence-electron chi connectivity index (χ1n) is 5.60. The fourth-order valence-corrected chi connectivity index (χ4v) is 2.16. The highest BCUT2D eigenvalue weighted by Gasteiger charge is 2.13. The largest absolute Gasteiger partial charge is 0.277 e. The van der Waals surface area contributed by atoms with Crippen LogP contribution in [0.25, 0.3) is 22.3 Å². The van der Waals surface area contributed by atoms with Gasteiger partial charge in [-0.05, 0) is 36.6 Å². The van der Waals surface area contributed by atoms with Crippen LogP contribution < -0.4 is 0 Å². The van der Waals surface area contributed by atoms with Gasteiger partial charge < -0.3 is 0 Å². The monoisotopic (exact) mass is 258 g/mol. The predicted molar refractivity (Wildman–Crippen MR) is 71.6 cm³/mol. The second-order valence-corrected chi connectivity index (χ2v) is 4.58. The normalized spacial score (nSPS) is 11.1. The summed E-state index contributed by atoms with van der Waals surface area (Å²) in [5, 5.41) is 8.69. The second-order valence-electron chi connectivity index (χ2n) is 4.24. The van der Waals surface area contributed by atoms with Gasteiger partial charge >= 0.3 is 0 Å². The molecule has 90 valence electrons. The number of aromatic nitrogens is 4. The Hall–Kier alpha value is -1.94. The Kier molecular flexibility index (Phi) is 2.52. The molecule has 0 unspecified atom stereocenters. The van der Waals surface area contributed by atoms with Crippen LogP contribution in [-0.4, -0.2) is 20.2 Å². The Morgan fingerprint density at radius 3 is 2.78 bits per heavy atom. The van der Waals surface area contributed by atoms with E-state index in [0.717, 1.165) is 33.4 Å². The summed E-state index contributed by atoms with van der Waals surface area (Å²) >= 11 is 5.86. The molecule has 0 atom stereocenters. The topological polar surface area (TPSA) is 54.5 Å². The van der Waals surface area contributed by atoms with Gasteiger partial charge in [-0.25, -0.2) is 9.97 Å². The molecule has 0 radical (unpaired) electrons. The smallest absolute Gasteiger partial charge is 0.222 e. The van der Waals surface area contributed by atoms with Gasteiger partial charge in [-0.15, -0.1) is 0 Å². The molecule has 0 aliphatic heterocycles. The molecule has 1 aromatic carbocycles. The highest BCUT2D eigenvalue weighted by molar-refractivity contribution is 6.28. The van der Waals surface area contributed by atoms with E-state index in [9.17, 15) is 0 Å². The van der Waals surface area contributed by atoms with Crippen molar-refractivity contribution in [1.82, 2.24) is 20.2 Å². The summed E-state index contributed by atoms with van der Waals surface area (Å²) < 4.78 is 0. The van der Waals surface area contributed by atoms with E-state index in [-0.39, 0.29) is 5.28 Å². The first-order valence-corrected chi connectivity index (χ1v) is 5.98. The van der Waals surface area contributed by atoms with Crippen LogP contribution in [0.5, 0.6) is 0 Å². The predicted octanol–water partition coefficient (Wildman–Crippen LogP) is 3.29. The molecule has 3 aromatic rings. The molecule has 4 nitrogen and oxygen atoms in total. The Labute approximate surface area is 109 Å². The Morgan fingerprint density at radius 2 is 1.94 bits per heavy atom. The van der Waals surface area contributed by atoms with E-state index in [0.29, 0.717) is 0 Å². The molecule has 1 N–H and O–H groups in total. The van der Waals surface area contributed by atoms with Crippen molar-refractivity contribution in [3.63, 3.8) is 0 Å². The quantitative estimate of drug-likeness (QED) is 0.682. The Balaban J connectivity index is 2.32. The van der Waals surface area contributed by atoms with Crippen molar-refractivity contribution in [2.24, 2.45) is 0 Å². The molecule has 3 rings (SSSR count). The van der Waals surface area contributed by atoms with Gasteiger partial charge in [-0.3, -0.25) is 5.10 Å². The third-order valence-corrected chi connectivity index (χ3v) is 3.16. The van der Waals surface area contributed by atoms with Crippen LogP contribution >= 0.6 is 11.6 Å². The molecule has 0 fully saturated rings. The van der Waals surface area contributed by atoms with Crippen molar-refractivity contribution in [2.75, 3.05) is 0 Å². The van der Waals surface area contributed by atoms with E-state index in [4.69, 9.17) is 11.6 Å². The fourth-order valence-electron chi connectivity index (χ4n) is 2.03. The van der Waals surface area contributed by atoms with Crippen molar-refractivity contribution in [1.29, 1.82) is 0 Å². The summed E-state index contributed by atoms with van der Waals surface area (Å²) in [5.74, 6) is 0. The number of para-hydroxylation sites is 1. The molecular formula is C13H11ClN4. The number of hydrogen-bond donors (Lipinski definition) is 1. The lowest BCUT2D eigenvalue weighted by molar-refractivity contribution is 1.08. The molecule has 2 aromatic heterocycles. The number of aromatic amines is 1. The molecule has 18 heavy (non-hydrogen) atoms. The number of nitrogens with zero attached hydrogens (tertiary/aromatic N) is 3. The first-order chi connectivity index (χ1) is 8.66. The van der Waals surface area contributed by atoms with Crippen molar-refractivity contribution >= 4 is 22.5 Å². The van der Waals surface area contributed by atoms with Crippen LogP contribution in [0.15, 0.2) is 24.4 Å². The maximum absolute atomic E-state index is 5.86. The number of hydrogen-bond acceptors (Lipinski definition) is 3. The summed E-state index contributed by atoms with van der Waals surface area (Å²) in [6.45, 7) is 3.99. The zero-order valence-electron chi connectivity index (χ0n) is 10.0. The molecule has 0 aliphatic rings. The lowest BCUT2D eigenvalue weighted by Crippen LogP contribution is -1.92. The molecule has 0 saturated heterocycles. The minimum atomic E-state index is 0.236. The molecule has 2 heterocycles. The molecule has 0 spiro atoms. The third kappa shape index (κ3) is 1.66. The minimum absolute atomic E-state index is 0.236. The number of fused-ring (bicyclic) bond motifs is 1. The standard InChI is InChI=1S/C13H11ClN4/c1-7-4-3-5-9-10(7)17-18-12(9)11-8(2)6-15-13(14)16-11/h3-6H,1-2H3,(H,17,18). The highest BCUT2D eigenvalue weighted by atomic mass is 35.5. The Bertz CT molecular complexity index is 733. The van der Waals surface area contributed by atoms with Crippen LogP contribution in [-0.2, 0) is 0 Å². The lowest BCUT2D eigenvalue weighted by atomic mass is 10.1. The van der Waals surface area contributed by atoms with Gasteiger partial charge in [0.2, 0.25) is 5.28 Å². The summed E-state index contributed by atoms with van der Waals surface area (Å²) in [6, 6.07) is 6.08. The van der Waals surface area contributed by atoms with Gasteiger partial charge in [-0.1, -0.05) is 18.2 Å². The van der Waals surface area contributed by atoms with Crippen LogP contribution in [0, 0.1) is 13.8 Å². The van der Waals surface area contributed by atoms with Crippen molar-refractivity contribution in [3.05, 3.63) is 40.8 Å². The van der Waals surface area contributed by atoms with Gasteiger partial charge in [0.15, 0.2) is 0 Å². The zero-order chi connectivity index (χ0) is 12.7. The van der Waals surface area contributed by atoms with Gasteiger partial charge in [0.05, 0.1) is 11.2 Å². The molecule has 0 saturated carbocycles. The van der Waals surface area contributed by atoms with Gasteiger partial charge in [0.1, 0.15) is 5.69 Å². The van der Waals surface area contributed by atoms with Gasteiger partial charge in [0.25, 0.3) is 0 Å². The first kappa shape index (κ1) is 11.2. The molecule has 0 amide bonds. The third-order valence-electron chi connectivity index (χ3n) is 2.97. The van der Waals surface area contributed by atoms with Crippen molar-refractivity contribution in [3.8, 4) is 11.4 Å². The van der Waals surface area contributed by atoms with Crippen LogP contribution in [0.2, 0.25) is 5.28 Å². The second kappa shape index (κ2) is 4.07. The van der Waals surface area contributed by atoms with Crippen molar-refractivity contribution in [2.45, 2.75) is 13.8 Å². The van der Waals surface area contributed by atoms with Gasteiger partial charge in [0, 0.05) is 11.6 Å². The number of nitrogens with one attached hydrogen (secondary N) is 1.